The van der Waals surface area contributed by atoms with E-state index in [0.29, 0.717) is 37.5 Å². The molecule has 0 bridgehead atoms. The molecule has 1 aromatic heterocycles. The summed E-state index contributed by atoms with van der Waals surface area (Å²) < 4.78 is 1.88. The van der Waals surface area contributed by atoms with Crippen LogP contribution in [0.5, 0.6) is 0 Å². The Morgan fingerprint density at radius 1 is 1.19 bits per heavy atom. The Labute approximate surface area is 158 Å². The highest BCUT2D eigenvalue weighted by Gasteiger charge is 2.47. The third-order valence-electron chi connectivity index (χ3n) is 5.89. The Hall–Kier alpha value is -2.63. The van der Waals surface area contributed by atoms with Gasteiger partial charge in [-0.15, -0.1) is 0 Å². The lowest BCUT2D eigenvalue weighted by atomic mass is 9.92. The Kier molecular flexibility index (Phi) is 4.72. The number of benzene rings is 1. The molecule has 1 saturated heterocycles. The summed E-state index contributed by atoms with van der Waals surface area (Å²) in [6.07, 6.45) is 4.53. The minimum atomic E-state index is -0.780. The van der Waals surface area contributed by atoms with Crippen molar-refractivity contribution >= 4 is 11.9 Å². The SMILES string of the molecule is CCc1c(C(=O)N2C[C@H](C(=O)O)[C@@H](C3CC3)C2)cnn1Cc1ccccc1. The molecular formula is C21H25N3O3. The summed E-state index contributed by atoms with van der Waals surface area (Å²) in [5, 5.41) is 14.0. The maximum atomic E-state index is 13.1. The van der Waals surface area contributed by atoms with E-state index in [1.54, 1.807) is 11.1 Å². The van der Waals surface area contributed by atoms with Crippen molar-refractivity contribution in [1.82, 2.24) is 14.7 Å². The first kappa shape index (κ1) is 17.8. The third-order valence-corrected chi connectivity index (χ3v) is 5.89. The number of carboxylic acids is 1. The Bertz CT molecular complexity index is 842. The van der Waals surface area contributed by atoms with Crippen LogP contribution in [0, 0.1) is 17.8 Å². The summed E-state index contributed by atoms with van der Waals surface area (Å²) in [5.74, 6) is -0.740. The van der Waals surface area contributed by atoms with Gasteiger partial charge in [-0.1, -0.05) is 37.3 Å². The Morgan fingerprint density at radius 2 is 1.93 bits per heavy atom. The normalized spacial score (nSPS) is 22.2. The van der Waals surface area contributed by atoms with Crippen LogP contribution in [0.25, 0.3) is 0 Å². The van der Waals surface area contributed by atoms with E-state index in [9.17, 15) is 14.7 Å². The fourth-order valence-corrected chi connectivity index (χ4v) is 4.28. The maximum absolute atomic E-state index is 13.1. The van der Waals surface area contributed by atoms with Gasteiger partial charge in [-0.2, -0.15) is 5.10 Å². The molecule has 6 nitrogen and oxygen atoms in total. The highest BCUT2D eigenvalue weighted by atomic mass is 16.4. The van der Waals surface area contributed by atoms with Crippen molar-refractivity contribution in [3.05, 3.63) is 53.3 Å². The van der Waals surface area contributed by atoms with Gasteiger partial charge in [0.1, 0.15) is 0 Å². The number of nitrogens with zero attached hydrogens (tertiary/aromatic N) is 3. The molecule has 6 heteroatoms. The Morgan fingerprint density at radius 3 is 2.56 bits per heavy atom. The van der Waals surface area contributed by atoms with Crippen LogP contribution in [0.2, 0.25) is 0 Å². The zero-order valence-electron chi connectivity index (χ0n) is 15.5. The molecular weight excluding hydrogens is 342 g/mol. The van der Waals surface area contributed by atoms with E-state index in [0.717, 1.165) is 24.1 Å². The molecule has 2 atom stereocenters. The topological polar surface area (TPSA) is 75.4 Å². The molecule has 1 aromatic carbocycles. The van der Waals surface area contributed by atoms with Gasteiger partial charge < -0.3 is 10.0 Å². The molecule has 1 saturated carbocycles. The van der Waals surface area contributed by atoms with Gasteiger partial charge in [0.05, 0.1) is 29.9 Å². The van der Waals surface area contributed by atoms with Crippen LogP contribution in [-0.4, -0.2) is 44.8 Å². The smallest absolute Gasteiger partial charge is 0.308 e. The van der Waals surface area contributed by atoms with Gasteiger partial charge in [0.2, 0.25) is 0 Å². The number of likely N-dealkylation sites (tertiary alicyclic amines) is 1. The van der Waals surface area contributed by atoms with Gasteiger partial charge in [0.15, 0.2) is 0 Å². The molecule has 1 N–H and O–H groups in total. The second-order valence-electron chi connectivity index (χ2n) is 7.66. The lowest BCUT2D eigenvalue weighted by Crippen LogP contribution is -2.30. The first-order valence-corrected chi connectivity index (χ1v) is 9.69. The first-order chi connectivity index (χ1) is 13.1. The molecule has 4 rings (SSSR count). The van der Waals surface area contributed by atoms with Crippen LogP contribution in [0.1, 0.15) is 41.4 Å². The molecule has 27 heavy (non-hydrogen) atoms. The van der Waals surface area contributed by atoms with Crippen molar-refractivity contribution in [2.75, 3.05) is 13.1 Å². The number of carboxylic acid groups (broad SMARTS) is 1. The summed E-state index contributed by atoms with van der Waals surface area (Å²) in [7, 11) is 0. The number of aromatic nitrogens is 2. The average Bonchev–Trinajstić information content (AvgIpc) is 3.28. The van der Waals surface area contributed by atoms with Crippen LogP contribution in [0.3, 0.4) is 0 Å². The minimum absolute atomic E-state index is 0.0828. The van der Waals surface area contributed by atoms with Crippen LogP contribution in [0.15, 0.2) is 36.5 Å². The zero-order chi connectivity index (χ0) is 19.0. The molecule has 142 valence electrons. The molecule has 1 aliphatic heterocycles. The Balaban J connectivity index is 1.54. The van der Waals surface area contributed by atoms with E-state index in [4.69, 9.17) is 0 Å². The quantitative estimate of drug-likeness (QED) is 0.852. The standard InChI is InChI=1S/C21H25N3O3/c1-2-19-16(10-22-24(19)11-14-6-4-3-5-7-14)20(25)23-12-17(15-8-9-15)18(13-23)21(26)27/h3-7,10,15,17-18H,2,8-9,11-13H2,1H3,(H,26,27)/t17-,18+/m1/s1. The van der Waals surface area contributed by atoms with Gasteiger partial charge in [0, 0.05) is 13.1 Å². The average molecular weight is 367 g/mol. The van der Waals surface area contributed by atoms with Gasteiger partial charge in [-0.3, -0.25) is 14.3 Å². The van der Waals surface area contributed by atoms with E-state index in [1.807, 2.05) is 41.9 Å². The molecule has 1 amide bonds. The fraction of sp³-hybridized carbons (Fsp3) is 0.476. The lowest BCUT2D eigenvalue weighted by Gasteiger charge is -2.16. The highest BCUT2D eigenvalue weighted by molar-refractivity contribution is 5.95. The second kappa shape index (κ2) is 7.18. The molecule has 0 spiro atoms. The fourth-order valence-electron chi connectivity index (χ4n) is 4.28. The highest BCUT2D eigenvalue weighted by Crippen LogP contribution is 2.44. The van der Waals surface area contributed by atoms with E-state index in [1.165, 1.54) is 0 Å². The number of hydrogen-bond donors (Lipinski definition) is 1. The van der Waals surface area contributed by atoms with E-state index < -0.39 is 11.9 Å². The van der Waals surface area contributed by atoms with Crippen LogP contribution in [-0.2, 0) is 17.8 Å². The first-order valence-electron chi connectivity index (χ1n) is 9.69. The number of carbonyl (C=O) groups is 2. The van der Waals surface area contributed by atoms with Crippen LogP contribution < -0.4 is 0 Å². The monoisotopic (exact) mass is 367 g/mol. The van der Waals surface area contributed by atoms with Gasteiger partial charge in [0.25, 0.3) is 5.91 Å². The van der Waals surface area contributed by atoms with Crippen molar-refractivity contribution in [3.8, 4) is 0 Å². The van der Waals surface area contributed by atoms with Gasteiger partial charge in [-0.05, 0) is 36.7 Å². The predicted octanol–water partition coefficient (Wildman–Crippen LogP) is 2.68. The van der Waals surface area contributed by atoms with E-state index >= 15 is 0 Å². The second-order valence-corrected chi connectivity index (χ2v) is 7.66. The van der Waals surface area contributed by atoms with Crippen molar-refractivity contribution < 1.29 is 14.7 Å². The number of amides is 1. The summed E-state index contributed by atoms with van der Waals surface area (Å²) in [6.45, 7) is 3.50. The summed E-state index contributed by atoms with van der Waals surface area (Å²) in [6, 6.07) is 10.0. The summed E-state index contributed by atoms with van der Waals surface area (Å²) in [4.78, 5) is 26.5. The van der Waals surface area contributed by atoms with Crippen molar-refractivity contribution in [1.29, 1.82) is 0 Å². The van der Waals surface area contributed by atoms with Crippen molar-refractivity contribution in [2.24, 2.45) is 17.8 Å². The largest absolute Gasteiger partial charge is 0.481 e. The molecule has 0 radical (unpaired) electrons. The number of rotatable bonds is 6. The molecule has 1 aliphatic carbocycles. The summed E-state index contributed by atoms with van der Waals surface area (Å²) >= 11 is 0. The van der Waals surface area contributed by atoms with Crippen LogP contribution in [0.4, 0.5) is 0 Å². The van der Waals surface area contributed by atoms with Crippen LogP contribution >= 0.6 is 0 Å². The van der Waals surface area contributed by atoms with E-state index in [2.05, 4.69) is 5.10 Å². The number of hydrogen-bond acceptors (Lipinski definition) is 3. The molecule has 2 aliphatic rings. The number of carbonyl (C=O) groups excluding carboxylic acids is 1. The van der Waals surface area contributed by atoms with Crippen molar-refractivity contribution in [2.45, 2.75) is 32.7 Å². The van der Waals surface area contributed by atoms with Gasteiger partial charge >= 0.3 is 5.97 Å². The molecule has 0 unspecified atom stereocenters. The lowest BCUT2D eigenvalue weighted by molar-refractivity contribution is -0.142. The zero-order valence-corrected chi connectivity index (χ0v) is 15.5. The minimum Gasteiger partial charge on any atom is -0.481 e. The van der Waals surface area contributed by atoms with Gasteiger partial charge in [-0.25, -0.2) is 0 Å². The van der Waals surface area contributed by atoms with E-state index in [-0.39, 0.29) is 11.8 Å². The summed E-state index contributed by atoms with van der Waals surface area (Å²) in [5.41, 5.74) is 2.65. The maximum Gasteiger partial charge on any atom is 0.308 e. The molecule has 2 heterocycles. The molecule has 2 fully saturated rings. The third kappa shape index (κ3) is 3.48. The molecule has 2 aromatic rings. The van der Waals surface area contributed by atoms with Crippen molar-refractivity contribution in [3.63, 3.8) is 0 Å². The predicted molar refractivity (Wildman–Crippen MR) is 100 cm³/mol. The number of aliphatic carboxylic acids is 1.